The summed E-state index contributed by atoms with van der Waals surface area (Å²) >= 11 is 0. The Morgan fingerprint density at radius 3 is 2.74 bits per heavy atom. The number of aryl methyl sites for hydroxylation is 1. The zero-order chi connectivity index (χ0) is 14.0. The summed E-state index contributed by atoms with van der Waals surface area (Å²) in [6.07, 6.45) is 0. The van der Waals surface area contributed by atoms with Crippen LogP contribution in [0, 0.1) is 19.8 Å². The van der Waals surface area contributed by atoms with Crippen molar-refractivity contribution in [3.05, 3.63) is 23.3 Å². The van der Waals surface area contributed by atoms with Gasteiger partial charge in [-0.1, -0.05) is 6.07 Å². The number of benzene rings is 1. The van der Waals surface area contributed by atoms with Crippen LogP contribution in [0.2, 0.25) is 0 Å². The number of hydrogen-bond acceptors (Lipinski definition) is 4. The van der Waals surface area contributed by atoms with Crippen LogP contribution in [0.4, 0.5) is 5.69 Å². The Bertz CT molecular complexity index is 488. The van der Waals surface area contributed by atoms with Gasteiger partial charge in [-0.3, -0.25) is 4.79 Å². The maximum atomic E-state index is 12.1. The summed E-state index contributed by atoms with van der Waals surface area (Å²) in [4.78, 5) is 12.1. The van der Waals surface area contributed by atoms with Crippen LogP contribution in [0.25, 0.3) is 0 Å². The van der Waals surface area contributed by atoms with Crippen LogP contribution < -0.4 is 15.8 Å². The van der Waals surface area contributed by atoms with Crippen molar-refractivity contribution in [1.29, 1.82) is 0 Å². The summed E-state index contributed by atoms with van der Waals surface area (Å²) in [5, 5.41) is 2.91. The lowest BCUT2D eigenvalue weighted by Crippen LogP contribution is -2.37. The lowest BCUT2D eigenvalue weighted by Gasteiger charge is -2.17. The van der Waals surface area contributed by atoms with Gasteiger partial charge >= 0.3 is 0 Å². The van der Waals surface area contributed by atoms with Crippen LogP contribution in [0.1, 0.15) is 11.1 Å². The molecule has 2 rings (SSSR count). The number of nitrogens with one attached hydrogen (secondary N) is 1. The Kier molecular flexibility index (Phi) is 4.07. The van der Waals surface area contributed by atoms with E-state index in [0.717, 1.165) is 22.6 Å². The first kappa shape index (κ1) is 13.8. The van der Waals surface area contributed by atoms with Gasteiger partial charge in [-0.2, -0.15) is 0 Å². The number of methoxy groups -OCH3 is 1. The molecule has 3 N–H and O–H groups in total. The van der Waals surface area contributed by atoms with E-state index in [0.29, 0.717) is 13.2 Å². The topological polar surface area (TPSA) is 73.6 Å². The molecule has 5 nitrogen and oxygen atoms in total. The van der Waals surface area contributed by atoms with Gasteiger partial charge in [0, 0.05) is 17.3 Å². The highest BCUT2D eigenvalue weighted by Gasteiger charge is 2.31. The van der Waals surface area contributed by atoms with Crippen LogP contribution in [0.3, 0.4) is 0 Å². The maximum Gasteiger partial charge on any atom is 0.231 e. The normalized spacial score (nSPS) is 22.3. The Morgan fingerprint density at radius 1 is 1.42 bits per heavy atom. The van der Waals surface area contributed by atoms with Crippen LogP contribution in [-0.2, 0) is 9.53 Å². The summed E-state index contributed by atoms with van der Waals surface area (Å²) < 4.78 is 10.6. The number of carbonyl (C=O) groups excluding carboxylic acids is 1. The van der Waals surface area contributed by atoms with Crippen molar-refractivity contribution < 1.29 is 14.3 Å². The van der Waals surface area contributed by atoms with Crippen LogP contribution in [-0.4, -0.2) is 32.3 Å². The fraction of sp³-hybridized carbons (Fsp3) is 0.500. The van der Waals surface area contributed by atoms with Crippen molar-refractivity contribution in [2.75, 3.05) is 25.6 Å². The molecule has 1 amide bonds. The SMILES string of the molecule is COc1c(C)ccc(NC(=O)C2COCC2N)c1C. The molecule has 0 aliphatic carbocycles. The first-order valence-electron chi connectivity index (χ1n) is 6.33. The molecule has 0 aromatic heterocycles. The fourth-order valence-electron chi connectivity index (χ4n) is 2.34. The first-order valence-corrected chi connectivity index (χ1v) is 6.33. The molecule has 1 aliphatic rings. The van der Waals surface area contributed by atoms with E-state index in [1.54, 1.807) is 7.11 Å². The average molecular weight is 264 g/mol. The van der Waals surface area contributed by atoms with Crippen LogP contribution in [0.15, 0.2) is 12.1 Å². The predicted octanol–water partition coefficient (Wildman–Crippen LogP) is 1.22. The summed E-state index contributed by atoms with van der Waals surface area (Å²) in [6, 6.07) is 3.58. The van der Waals surface area contributed by atoms with Gasteiger partial charge in [0.2, 0.25) is 5.91 Å². The highest BCUT2D eigenvalue weighted by molar-refractivity contribution is 5.94. The highest BCUT2D eigenvalue weighted by atomic mass is 16.5. The zero-order valence-electron chi connectivity index (χ0n) is 11.5. The van der Waals surface area contributed by atoms with E-state index < -0.39 is 0 Å². The lowest BCUT2D eigenvalue weighted by molar-refractivity contribution is -0.120. The fourth-order valence-corrected chi connectivity index (χ4v) is 2.34. The van der Waals surface area contributed by atoms with Crippen LogP contribution >= 0.6 is 0 Å². The third-order valence-electron chi connectivity index (χ3n) is 3.53. The molecule has 2 unspecified atom stereocenters. The Hall–Kier alpha value is -1.59. The van der Waals surface area contributed by atoms with Crippen LogP contribution in [0.5, 0.6) is 5.75 Å². The number of amides is 1. The molecule has 0 saturated carbocycles. The molecule has 1 aromatic rings. The standard InChI is InChI=1S/C14H20N2O3/c1-8-4-5-12(9(2)13(8)18-3)16-14(17)10-6-19-7-11(10)15/h4-5,10-11H,6-7,15H2,1-3H3,(H,16,17). The minimum atomic E-state index is -0.285. The van der Waals surface area contributed by atoms with Gasteiger partial charge in [-0.25, -0.2) is 0 Å². The van der Waals surface area contributed by atoms with E-state index >= 15 is 0 Å². The molecule has 1 saturated heterocycles. The first-order chi connectivity index (χ1) is 9.04. The van der Waals surface area contributed by atoms with E-state index in [1.807, 2.05) is 26.0 Å². The molecule has 0 bridgehead atoms. The summed E-state index contributed by atoms with van der Waals surface area (Å²) in [5.74, 6) is 0.412. The van der Waals surface area contributed by atoms with Gasteiger partial charge in [0.1, 0.15) is 5.75 Å². The molecular formula is C14H20N2O3. The van der Waals surface area contributed by atoms with Crippen molar-refractivity contribution >= 4 is 11.6 Å². The number of carbonyl (C=O) groups is 1. The number of ether oxygens (including phenoxy) is 2. The second-order valence-electron chi connectivity index (χ2n) is 4.89. The number of anilines is 1. The third kappa shape index (κ3) is 2.72. The summed E-state index contributed by atoms with van der Waals surface area (Å²) in [5.41, 5.74) is 8.56. The minimum Gasteiger partial charge on any atom is -0.496 e. The molecule has 1 heterocycles. The summed E-state index contributed by atoms with van der Waals surface area (Å²) in [6.45, 7) is 4.72. The predicted molar refractivity (Wildman–Crippen MR) is 73.4 cm³/mol. The van der Waals surface area contributed by atoms with Gasteiger partial charge in [-0.05, 0) is 25.5 Å². The van der Waals surface area contributed by atoms with E-state index in [1.165, 1.54) is 0 Å². The van der Waals surface area contributed by atoms with Gasteiger partial charge in [0.15, 0.2) is 0 Å². The van der Waals surface area contributed by atoms with Crippen molar-refractivity contribution in [3.8, 4) is 5.75 Å². The second kappa shape index (κ2) is 5.59. The molecule has 1 fully saturated rings. The van der Waals surface area contributed by atoms with E-state index in [-0.39, 0.29) is 17.9 Å². The zero-order valence-corrected chi connectivity index (χ0v) is 11.5. The largest absolute Gasteiger partial charge is 0.496 e. The maximum absolute atomic E-state index is 12.1. The van der Waals surface area contributed by atoms with Crippen molar-refractivity contribution in [2.24, 2.45) is 11.7 Å². The quantitative estimate of drug-likeness (QED) is 0.861. The molecule has 104 valence electrons. The molecular weight excluding hydrogens is 244 g/mol. The molecule has 0 radical (unpaired) electrons. The monoisotopic (exact) mass is 264 g/mol. The van der Waals surface area contributed by atoms with E-state index in [4.69, 9.17) is 15.2 Å². The van der Waals surface area contributed by atoms with E-state index in [9.17, 15) is 4.79 Å². The van der Waals surface area contributed by atoms with Crippen molar-refractivity contribution in [2.45, 2.75) is 19.9 Å². The van der Waals surface area contributed by atoms with Crippen molar-refractivity contribution in [1.82, 2.24) is 0 Å². The molecule has 1 aromatic carbocycles. The Labute approximate surface area is 113 Å². The number of rotatable bonds is 3. The molecule has 0 spiro atoms. The molecule has 1 aliphatic heterocycles. The number of nitrogens with two attached hydrogens (primary N) is 1. The average Bonchev–Trinajstić information content (AvgIpc) is 2.80. The van der Waals surface area contributed by atoms with Crippen molar-refractivity contribution in [3.63, 3.8) is 0 Å². The van der Waals surface area contributed by atoms with Gasteiger partial charge in [0.25, 0.3) is 0 Å². The minimum absolute atomic E-state index is 0.0981. The second-order valence-corrected chi connectivity index (χ2v) is 4.89. The van der Waals surface area contributed by atoms with Gasteiger partial charge < -0.3 is 20.5 Å². The van der Waals surface area contributed by atoms with E-state index in [2.05, 4.69) is 5.32 Å². The summed E-state index contributed by atoms with van der Waals surface area (Å²) in [7, 11) is 1.63. The molecule has 5 heteroatoms. The third-order valence-corrected chi connectivity index (χ3v) is 3.53. The Balaban J connectivity index is 2.17. The molecule has 2 atom stereocenters. The van der Waals surface area contributed by atoms with Gasteiger partial charge in [-0.15, -0.1) is 0 Å². The lowest BCUT2D eigenvalue weighted by atomic mass is 10.0. The Morgan fingerprint density at radius 2 is 2.16 bits per heavy atom. The molecule has 19 heavy (non-hydrogen) atoms. The van der Waals surface area contributed by atoms with Gasteiger partial charge in [0.05, 0.1) is 26.2 Å². The number of hydrogen-bond donors (Lipinski definition) is 2. The highest BCUT2D eigenvalue weighted by Crippen LogP contribution is 2.29. The smallest absolute Gasteiger partial charge is 0.231 e.